The molecule has 0 aliphatic heterocycles. The van der Waals surface area contributed by atoms with E-state index in [1.54, 1.807) is 0 Å². The van der Waals surface area contributed by atoms with E-state index in [0.717, 1.165) is 36.6 Å². The van der Waals surface area contributed by atoms with Crippen LogP contribution in [0.1, 0.15) is 32.1 Å². The lowest BCUT2D eigenvalue weighted by Crippen LogP contribution is -2.15. The number of carbonyl (C=O) groups is 1. The third-order valence-corrected chi connectivity index (χ3v) is 3.86. The molecule has 3 rings (SSSR count). The highest BCUT2D eigenvalue weighted by atomic mass is 16.3. The molecule has 1 heterocycles. The maximum Gasteiger partial charge on any atom is 0.267 e. The lowest BCUT2D eigenvalue weighted by atomic mass is 9.89. The highest BCUT2D eigenvalue weighted by Crippen LogP contribution is 2.35. The van der Waals surface area contributed by atoms with Gasteiger partial charge in [-0.3, -0.25) is 4.79 Å². The van der Waals surface area contributed by atoms with E-state index >= 15 is 0 Å². The number of aromatic amines is 1. The quantitative estimate of drug-likeness (QED) is 0.808. The Hall–Kier alpha value is -2.17. The number of azo groups is 1. The monoisotopic (exact) mass is 271 g/mol. The first kappa shape index (κ1) is 12.8. The summed E-state index contributed by atoms with van der Waals surface area (Å²) in [5.74, 6) is -0.222. The second-order valence-corrected chi connectivity index (χ2v) is 5.24. The number of hydrogen-bond donors (Lipinski definition) is 2. The standard InChI is InChI=1S/C15H17N3O2/c19-14(10-6-2-1-3-7-10)18-17-13-11-8-4-5-9-12(11)16-15(13)20/h4-5,8-10,16,20H,1-3,6-7H2. The molecule has 2 N–H and O–H groups in total. The molecule has 1 aromatic heterocycles. The smallest absolute Gasteiger partial charge is 0.267 e. The molecule has 0 unspecified atom stereocenters. The second-order valence-electron chi connectivity index (χ2n) is 5.24. The van der Waals surface area contributed by atoms with E-state index in [1.807, 2.05) is 24.3 Å². The number of amides is 1. The summed E-state index contributed by atoms with van der Waals surface area (Å²) in [5.41, 5.74) is 1.12. The maximum absolute atomic E-state index is 12.0. The van der Waals surface area contributed by atoms with Crippen LogP contribution in [0.5, 0.6) is 5.88 Å². The Morgan fingerprint density at radius 3 is 2.75 bits per heavy atom. The largest absolute Gasteiger partial charge is 0.493 e. The van der Waals surface area contributed by atoms with Crippen molar-refractivity contribution in [1.82, 2.24) is 4.98 Å². The molecule has 1 aliphatic carbocycles. The number of hydrogen-bond acceptors (Lipinski definition) is 3. The molecule has 20 heavy (non-hydrogen) atoms. The molecule has 0 saturated heterocycles. The van der Waals surface area contributed by atoms with E-state index in [-0.39, 0.29) is 17.7 Å². The van der Waals surface area contributed by atoms with Crippen molar-refractivity contribution in [2.75, 3.05) is 0 Å². The third kappa shape index (κ3) is 2.43. The Balaban J connectivity index is 1.83. The van der Waals surface area contributed by atoms with Crippen LogP contribution in [0.25, 0.3) is 10.9 Å². The lowest BCUT2D eigenvalue weighted by molar-refractivity contribution is -0.122. The highest BCUT2D eigenvalue weighted by molar-refractivity contribution is 5.94. The Labute approximate surface area is 116 Å². The van der Waals surface area contributed by atoms with Crippen molar-refractivity contribution >= 4 is 22.5 Å². The van der Waals surface area contributed by atoms with Crippen LogP contribution in [0, 0.1) is 5.92 Å². The second kappa shape index (κ2) is 5.45. The van der Waals surface area contributed by atoms with Crippen LogP contribution >= 0.6 is 0 Å². The molecule has 1 amide bonds. The lowest BCUT2D eigenvalue weighted by Gasteiger charge is -2.17. The van der Waals surface area contributed by atoms with Crippen LogP contribution in [0.4, 0.5) is 5.69 Å². The molecule has 104 valence electrons. The van der Waals surface area contributed by atoms with E-state index in [4.69, 9.17) is 0 Å². The summed E-state index contributed by atoms with van der Waals surface area (Å²) in [6, 6.07) is 7.41. The summed E-state index contributed by atoms with van der Waals surface area (Å²) in [7, 11) is 0. The van der Waals surface area contributed by atoms with Crippen LogP contribution in [0.15, 0.2) is 34.5 Å². The van der Waals surface area contributed by atoms with Gasteiger partial charge in [0, 0.05) is 11.3 Å². The normalized spacial score (nSPS) is 17.0. The Morgan fingerprint density at radius 1 is 1.20 bits per heavy atom. The number of rotatable bonds is 2. The van der Waals surface area contributed by atoms with Gasteiger partial charge in [0.2, 0.25) is 5.88 Å². The Morgan fingerprint density at radius 2 is 1.95 bits per heavy atom. The van der Waals surface area contributed by atoms with Crippen LogP contribution < -0.4 is 0 Å². The molecule has 5 nitrogen and oxygen atoms in total. The molecule has 0 atom stereocenters. The van der Waals surface area contributed by atoms with Gasteiger partial charge in [0.05, 0.1) is 5.52 Å². The number of fused-ring (bicyclic) bond motifs is 1. The number of aromatic hydroxyl groups is 1. The Bertz CT molecular complexity index is 654. The molecule has 0 bridgehead atoms. The van der Waals surface area contributed by atoms with Gasteiger partial charge in [-0.15, -0.1) is 10.2 Å². The molecule has 2 aromatic rings. The first-order valence-corrected chi connectivity index (χ1v) is 7.01. The number of benzene rings is 1. The van der Waals surface area contributed by atoms with Gasteiger partial charge in [0.25, 0.3) is 5.91 Å². The predicted octanol–water partition coefficient (Wildman–Crippen LogP) is 4.06. The minimum absolute atomic E-state index is 0.000140. The first-order valence-electron chi connectivity index (χ1n) is 7.01. The number of carbonyl (C=O) groups excluding carboxylic acids is 1. The van der Waals surface area contributed by atoms with Gasteiger partial charge in [-0.25, -0.2) is 0 Å². The summed E-state index contributed by atoms with van der Waals surface area (Å²) in [6.45, 7) is 0. The number of nitrogens with zero attached hydrogens (tertiary/aromatic N) is 2. The van der Waals surface area contributed by atoms with Gasteiger partial charge in [-0.05, 0) is 18.9 Å². The van der Waals surface area contributed by atoms with Crippen molar-refractivity contribution in [3.8, 4) is 5.88 Å². The zero-order valence-electron chi connectivity index (χ0n) is 11.2. The molecule has 1 fully saturated rings. The molecule has 5 heteroatoms. The van der Waals surface area contributed by atoms with Crippen molar-refractivity contribution in [3.05, 3.63) is 24.3 Å². The van der Waals surface area contributed by atoms with Gasteiger partial charge in [0.1, 0.15) is 0 Å². The summed E-state index contributed by atoms with van der Waals surface area (Å²) < 4.78 is 0. The minimum atomic E-state index is -0.172. The third-order valence-electron chi connectivity index (χ3n) is 3.86. The summed E-state index contributed by atoms with van der Waals surface area (Å²) in [6.07, 6.45) is 5.17. The van der Waals surface area contributed by atoms with E-state index < -0.39 is 0 Å². The van der Waals surface area contributed by atoms with Crippen LogP contribution in [-0.4, -0.2) is 16.0 Å². The SMILES string of the molecule is O=C(N=Nc1c(O)[nH]c2ccccc12)C1CCCCC1. The van der Waals surface area contributed by atoms with E-state index in [9.17, 15) is 9.90 Å². The highest BCUT2D eigenvalue weighted by Gasteiger charge is 2.21. The number of H-pyrrole nitrogens is 1. The zero-order chi connectivity index (χ0) is 13.9. The predicted molar refractivity (Wildman–Crippen MR) is 76.1 cm³/mol. The summed E-state index contributed by atoms with van der Waals surface area (Å²) in [5, 5.41) is 18.4. The maximum atomic E-state index is 12.0. The fraction of sp³-hybridized carbons (Fsp3) is 0.400. The van der Waals surface area contributed by atoms with Gasteiger partial charge < -0.3 is 10.1 Å². The van der Waals surface area contributed by atoms with Crippen molar-refractivity contribution in [3.63, 3.8) is 0 Å². The molecular weight excluding hydrogens is 254 g/mol. The molecular formula is C15H17N3O2. The molecule has 1 saturated carbocycles. The van der Waals surface area contributed by atoms with Crippen LogP contribution in [0.3, 0.4) is 0 Å². The average molecular weight is 271 g/mol. The number of para-hydroxylation sites is 1. The molecule has 1 aliphatic rings. The van der Waals surface area contributed by atoms with Crippen LogP contribution in [0.2, 0.25) is 0 Å². The van der Waals surface area contributed by atoms with Crippen LogP contribution in [-0.2, 0) is 4.79 Å². The molecule has 1 aromatic carbocycles. The fourth-order valence-corrected chi connectivity index (χ4v) is 2.74. The fourth-order valence-electron chi connectivity index (χ4n) is 2.74. The average Bonchev–Trinajstić information content (AvgIpc) is 2.81. The van der Waals surface area contributed by atoms with E-state index in [0.29, 0.717) is 5.69 Å². The van der Waals surface area contributed by atoms with Gasteiger partial charge in [0.15, 0.2) is 5.69 Å². The van der Waals surface area contributed by atoms with Gasteiger partial charge in [-0.1, -0.05) is 37.5 Å². The van der Waals surface area contributed by atoms with Crippen molar-refractivity contribution < 1.29 is 9.90 Å². The van der Waals surface area contributed by atoms with Gasteiger partial charge in [-0.2, -0.15) is 0 Å². The first-order chi connectivity index (χ1) is 9.75. The van der Waals surface area contributed by atoms with Crippen molar-refractivity contribution in [1.29, 1.82) is 0 Å². The Kier molecular flexibility index (Phi) is 3.50. The van der Waals surface area contributed by atoms with Crippen molar-refractivity contribution in [2.45, 2.75) is 32.1 Å². The topological polar surface area (TPSA) is 77.8 Å². The van der Waals surface area contributed by atoms with Crippen molar-refractivity contribution in [2.24, 2.45) is 16.1 Å². The minimum Gasteiger partial charge on any atom is -0.493 e. The van der Waals surface area contributed by atoms with Gasteiger partial charge >= 0.3 is 0 Å². The number of aromatic nitrogens is 1. The zero-order valence-corrected chi connectivity index (χ0v) is 11.2. The summed E-state index contributed by atoms with van der Waals surface area (Å²) >= 11 is 0. The van der Waals surface area contributed by atoms with E-state index in [2.05, 4.69) is 15.2 Å². The molecule has 0 spiro atoms. The number of nitrogens with one attached hydrogen (secondary N) is 1. The summed E-state index contributed by atoms with van der Waals surface area (Å²) in [4.78, 5) is 14.8. The molecule has 0 radical (unpaired) electrons. The van der Waals surface area contributed by atoms with E-state index in [1.165, 1.54) is 6.42 Å².